The predicted molar refractivity (Wildman–Crippen MR) is 54.2 cm³/mol. The Kier molecular flexibility index (Phi) is 2.15. The highest BCUT2D eigenvalue weighted by molar-refractivity contribution is 7.16. The molecule has 1 aliphatic rings. The molecule has 6 heteroatoms. The quantitative estimate of drug-likeness (QED) is 0.694. The minimum Gasteiger partial charge on any atom is -0.481 e. The van der Waals surface area contributed by atoms with Crippen LogP contribution in [-0.4, -0.2) is 22.2 Å². The lowest BCUT2D eigenvalue weighted by Crippen LogP contribution is -2.14. The molecule has 0 unspecified atom stereocenters. The van der Waals surface area contributed by atoms with Crippen molar-refractivity contribution in [3.8, 4) is 0 Å². The number of anilines is 1. The highest BCUT2D eigenvalue weighted by atomic mass is 32.1. The molecule has 1 aliphatic carbocycles. The van der Waals surface area contributed by atoms with E-state index in [1.54, 1.807) is 0 Å². The molecular formula is C9H9NO4S. The molecule has 0 aliphatic heterocycles. The zero-order chi connectivity index (χ0) is 11.2. The summed E-state index contributed by atoms with van der Waals surface area (Å²) in [5.41, 5.74) is 6.27. The van der Waals surface area contributed by atoms with E-state index in [1.807, 2.05) is 0 Å². The monoisotopic (exact) mass is 227 g/mol. The SMILES string of the molecule is Nc1sc2c(c1C(=O)O)C[C@@H](C(=O)O)C2. The summed E-state index contributed by atoms with van der Waals surface area (Å²) in [5, 5.41) is 18.0. The van der Waals surface area contributed by atoms with Crippen LogP contribution in [0, 0.1) is 5.92 Å². The van der Waals surface area contributed by atoms with Crippen LogP contribution in [0.2, 0.25) is 0 Å². The number of nitrogens with two attached hydrogens (primary N) is 1. The van der Waals surface area contributed by atoms with Gasteiger partial charge in [-0.05, 0) is 18.4 Å². The van der Waals surface area contributed by atoms with E-state index in [9.17, 15) is 9.59 Å². The fourth-order valence-electron chi connectivity index (χ4n) is 1.87. The third kappa shape index (κ3) is 1.46. The van der Waals surface area contributed by atoms with Crippen LogP contribution < -0.4 is 5.73 Å². The van der Waals surface area contributed by atoms with Gasteiger partial charge >= 0.3 is 11.9 Å². The first kappa shape index (κ1) is 9.97. The lowest BCUT2D eigenvalue weighted by atomic mass is 10.1. The third-order valence-electron chi connectivity index (χ3n) is 2.56. The molecule has 1 atom stereocenters. The van der Waals surface area contributed by atoms with Crippen LogP contribution >= 0.6 is 11.3 Å². The van der Waals surface area contributed by atoms with Crippen LogP contribution in [-0.2, 0) is 17.6 Å². The Morgan fingerprint density at radius 1 is 1.33 bits per heavy atom. The highest BCUT2D eigenvalue weighted by Gasteiger charge is 2.33. The van der Waals surface area contributed by atoms with E-state index in [0.717, 1.165) is 4.88 Å². The van der Waals surface area contributed by atoms with E-state index in [4.69, 9.17) is 15.9 Å². The van der Waals surface area contributed by atoms with Gasteiger partial charge in [-0.25, -0.2) is 4.79 Å². The smallest absolute Gasteiger partial charge is 0.338 e. The van der Waals surface area contributed by atoms with Crippen molar-refractivity contribution in [2.24, 2.45) is 5.92 Å². The zero-order valence-corrected chi connectivity index (χ0v) is 8.50. The molecule has 0 fully saturated rings. The molecule has 5 nitrogen and oxygen atoms in total. The van der Waals surface area contributed by atoms with Crippen molar-refractivity contribution in [2.45, 2.75) is 12.8 Å². The van der Waals surface area contributed by atoms with Gasteiger partial charge in [-0.3, -0.25) is 4.79 Å². The Morgan fingerprint density at radius 3 is 2.53 bits per heavy atom. The van der Waals surface area contributed by atoms with Crippen molar-refractivity contribution >= 4 is 28.3 Å². The van der Waals surface area contributed by atoms with Gasteiger partial charge in [0.25, 0.3) is 0 Å². The zero-order valence-electron chi connectivity index (χ0n) is 7.69. The van der Waals surface area contributed by atoms with E-state index >= 15 is 0 Å². The molecule has 0 spiro atoms. The second kappa shape index (κ2) is 3.23. The van der Waals surface area contributed by atoms with Crippen molar-refractivity contribution in [1.29, 1.82) is 0 Å². The molecule has 80 valence electrons. The van der Waals surface area contributed by atoms with Crippen molar-refractivity contribution in [1.82, 2.24) is 0 Å². The maximum Gasteiger partial charge on any atom is 0.338 e. The lowest BCUT2D eigenvalue weighted by molar-refractivity contribution is -0.141. The van der Waals surface area contributed by atoms with Gasteiger partial charge in [0.15, 0.2) is 0 Å². The van der Waals surface area contributed by atoms with Crippen molar-refractivity contribution in [2.75, 3.05) is 5.73 Å². The molecule has 0 aromatic carbocycles. The summed E-state index contributed by atoms with van der Waals surface area (Å²) < 4.78 is 0. The maximum atomic E-state index is 10.9. The summed E-state index contributed by atoms with van der Waals surface area (Å²) in [6.07, 6.45) is 0.673. The first-order valence-electron chi connectivity index (χ1n) is 4.36. The Morgan fingerprint density at radius 2 is 2.00 bits per heavy atom. The Hall–Kier alpha value is -1.56. The molecule has 1 aromatic heterocycles. The number of carboxylic acids is 2. The number of carbonyl (C=O) groups is 2. The minimum absolute atomic E-state index is 0.0961. The highest BCUT2D eigenvalue weighted by Crippen LogP contribution is 2.39. The molecule has 15 heavy (non-hydrogen) atoms. The number of rotatable bonds is 2. The van der Waals surface area contributed by atoms with Gasteiger partial charge in [-0.1, -0.05) is 0 Å². The molecular weight excluding hydrogens is 218 g/mol. The second-order valence-electron chi connectivity index (χ2n) is 3.49. The van der Waals surface area contributed by atoms with Gasteiger partial charge in [-0.15, -0.1) is 11.3 Å². The number of fused-ring (bicyclic) bond motifs is 1. The van der Waals surface area contributed by atoms with Gasteiger partial charge in [0, 0.05) is 4.88 Å². The van der Waals surface area contributed by atoms with Crippen molar-refractivity contribution < 1.29 is 19.8 Å². The van der Waals surface area contributed by atoms with E-state index in [-0.39, 0.29) is 17.0 Å². The fraction of sp³-hybridized carbons (Fsp3) is 0.333. The van der Waals surface area contributed by atoms with Gasteiger partial charge < -0.3 is 15.9 Å². The number of hydrogen-bond acceptors (Lipinski definition) is 4. The number of aliphatic carboxylic acids is 1. The normalized spacial score (nSPS) is 18.8. The van der Waals surface area contributed by atoms with Gasteiger partial charge in [0.1, 0.15) is 5.00 Å². The Labute approximate surface area is 89.1 Å². The van der Waals surface area contributed by atoms with Crippen molar-refractivity contribution in [3.63, 3.8) is 0 Å². The largest absolute Gasteiger partial charge is 0.481 e. The van der Waals surface area contributed by atoms with Crippen LogP contribution in [0.5, 0.6) is 0 Å². The first-order chi connectivity index (χ1) is 7.00. The average Bonchev–Trinajstić information content (AvgIpc) is 2.58. The summed E-state index contributed by atoms with van der Waals surface area (Å²) in [7, 11) is 0. The minimum atomic E-state index is -1.07. The molecule has 0 amide bonds. The third-order valence-corrected chi connectivity index (χ3v) is 3.65. The maximum absolute atomic E-state index is 10.9. The number of aromatic carboxylic acids is 1. The van der Waals surface area contributed by atoms with Crippen LogP contribution in [0.25, 0.3) is 0 Å². The van der Waals surface area contributed by atoms with Gasteiger partial charge in [-0.2, -0.15) is 0 Å². The summed E-state index contributed by atoms with van der Waals surface area (Å²) in [6, 6.07) is 0. The summed E-state index contributed by atoms with van der Waals surface area (Å²) in [4.78, 5) is 22.5. The fourth-order valence-corrected chi connectivity index (χ4v) is 3.04. The summed E-state index contributed by atoms with van der Waals surface area (Å²) in [6.45, 7) is 0. The van der Waals surface area contributed by atoms with Crippen LogP contribution in [0.3, 0.4) is 0 Å². The number of thiophene rings is 1. The Bertz CT molecular complexity index is 451. The topological polar surface area (TPSA) is 101 Å². The van der Waals surface area contributed by atoms with Gasteiger partial charge in [0.05, 0.1) is 11.5 Å². The molecule has 4 N–H and O–H groups in total. The van der Waals surface area contributed by atoms with E-state index < -0.39 is 17.9 Å². The molecule has 0 saturated heterocycles. The number of hydrogen-bond donors (Lipinski definition) is 3. The van der Waals surface area contributed by atoms with Crippen LogP contribution in [0.4, 0.5) is 5.00 Å². The number of carboxylic acid groups (broad SMARTS) is 2. The number of nitrogen functional groups attached to an aromatic ring is 1. The summed E-state index contributed by atoms with van der Waals surface area (Å²) in [5.74, 6) is -2.45. The van der Waals surface area contributed by atoms with Crippen LogP contribution in [0.15, 0.2) is 0 Å². The standard InChI is InChI=1S/C9H9NO4S/c10-7-6(9(13)14)4-1-3(8(11)12)2-5(4)15-7/h3H,1-2,10H2,(H,11,12)(H,13,14)/t3-/m1/s1. The molecule has 1 aromatic rings. The average molecular weight is 227 g/mol. The molecule has 0 saturated carbocycles. The van der Waals surface area contributed by atoms with Crippen LogP contribution in [0.1, 0.15) is 20.8 Å². The Balaban J connectivity index is 2.41. The predicted octanol–water partition coefficient (Wildman–Crippen LogP) is 0.828. The molecule has 0 bridgehead atoms. The van der Waals surface area contributed by atoms with Gasteiger partial charge in [0.2, 0.25) is 0 Å². The van der Waals surface area contributed by atoms with E-state index in [1.165, 1.54) is 11.3 Å². The summed E-state index contributed by atoms with van der Waals surface area (Å²) >= 11 is 1.19. The first-order valence-corrected chi connectivity index (χ1v) is 5.18. The van der Waals surface area contributed by atoms with Crippen molar-refractivity contribution in [3.05, 3.63) is 16.0 Å². The molecule has 2 rings (SSSR count). The molecule has 0 radical (unpaired) electrons. The van der Waals surface area contributed by atoms with E-state index in [2.05, 4.69) is 0 Å². The lowest BCUT2D eigenvalue weighted by Gasteiger charge is -2.02. The second-order valence-corrected chi connectivity index (χ2v) is 4.63. The van der Waals surface area contributed by atoms with E-state index in [0.29, 0.717) is 12.0 Å². The molecule has 1 heterocycles.